The summed E-state index contributed by atoms with van der Waals surface area (Å²) in [6.45, 7) is 3.68. The summed E-state index contributed by atoms with van der Waals surface area (Å²) in [5.74, 6) is 0.632. The van der Waals surface area contributed by atoms with Crippen LogP contribution in [0.15, 0.2) is 72.9 Å². The highest BCUT2D eigenvalue weighted by Crippen LogP contribution is 2.27. The molecule has 0 unspecified atom stereocenters. The van der Waals surface area contributed by atoms with Crippen LogP contribution in [-0.4, -0.2) is 58.4 Å². The minimum atomic E-state index is 0.0174. The molecule has 2 aromatic heterocycles. The van der Waals surface area contributed by atoms with Crippen molar-refractivity contribution in [2.45, 2.75) is 6.54 Å². The Balaban J connectivity index is 1.35. The number of carbonyl (C=O) groups excluding carboxylic acids is 1. The number of aromatic nitrogens is 2. The van der Waals surface area contributed by atoms with Crippen LogP contribution in [-0.2, 0) is 6.54 Å². The van der Waals surface area contributed by atoms with E-state index in [0.29, 0.717) is 29.4 Å². The van der Waals surface area contributed by atoms with Crippen molar-refractivity contribution in [2.24, 2.45) is 0 Å². The molecular formula is C26H25ClN4O2. The number of ether oxygens (including phenoxy) is 1. The van der Waals surface area contributed by atoms with E-state index in [-0.39, 0.29) is 5.91 Å². The molecular weight excluding hydrogens is 436 g/mol. The predicted molar refractivity (Wildman–Crippen MR) is 130 cm³/mol. The fourth-order valence-corrected chi connectivity index (χ4v) is 4.48. The highest BCUT2D eigenvalue weighted by Gasteiger charge is 2.25. The average molecular weight is 461 g/mol. The number of pyridine rings is 1. The van der Waals surface area contributed by atoms with Gasteiger partial charge in [0, 0.05) is 49.5 Å². The van der Waals surface area contributed by atoms with E-state index >= 15 is 0 Å². The van der Waals surface area contributed by atoms with Gasteiger partial charge in [0.25, 0.3) is 5.91 Å². The zero-order valence-electron chi connectivity index (χ0n) is 18.4. The molecule has 0 saturated carbocycles. The van der Waals surface area contributed by atoms with E-state index in [9.17, 15) is 4.79 Å². The molecule has 33 heavy (non-hydrogen) atoms. The minimum absolute atomic E-state index is 0.0174. The molecule has 1 aliphatic heterocycles. The normalized spacial score (nSPS) is 14.5. The Morgan fingerprint density at radius 3 is 2.45 bits per heavy atom. The molecule has 4 aromatic rings. The summed E-state index contributed by atoms with van der Waals surface area (Å²) in [5.41, 5.74) is 4.67. The third-order valence-corrected chi connectivity index (χ3v) is 6.37. The van der Waals surface area contributed by atoms with Crippen molar-refractivity contribution in [1.82, 2.24) is 19.2 Å². The molecule has 0 aliphatic carbocycles. The van der Waals surface area contributed by atoms with Gasteiger partial charge in [-0.1, -0.05) is 41.9 Å². The van der Waals surface area contributed by atoms with Crippen LogP contribution in [0.1, 0.15) is 16.1 Å². The maximum Gasteiger partial charge on any atom is 0.257 e. The molecule has 1 amide bonds. The van der Waals surface area contributed by atoms with E-state index in [1.54, 1.807) is 7.11 Å². The number of imidazole rings is 1. The molecule has 5 rings (SSSR count). The van der Waals surface area contributed by atoms with Gasteiger partial charge in [0.2, 0.25) is 0 Å². The molecule has 0 spiro atoms. The highest BCUT2D eigenvalue weighted by atomic mass is 35.5. The number of nitrogens with zero attached hydrogens (tertiary/aromatic N) is 4. The summed E-state index contributed by atoms with van der Waals surface area (Å²) in [4.78, 5) is 22.2. The van der Waals surface area contributed by atoms with E-state index in [0.717, 1.165) is 42.2 Å². The van der Waals surface area contributed by atoms with Crippen LogP contribution >= 0.6 is 11.6 Å². The maximum absolute atomic E-state index is 13.0. The zero-order valence-corrected chi connectivity index (χ0v) is 19.2. The number of fused-ring (bicyclic) bond motifs is 1. The standard InChI is InChI=1S/C26H25ClN4O2/c1-33-23-7-3-2-6-21(23)26(32)30-16-14-29(15-17-30)18-22-25(19-9-11-20(27)12-10-19)28-24-8-4-5-13-31(22)24/h2-13H,14-18H2,1H3. The second-order valence-electron chi connectivity index (χ2n) is 8.11. The number of methoxy groups -OCH3 is 1. The highest BCUT2D eigenvalue weighted by molar-refractivity contribution is 6.30. The number of halogens is 1. The monoisotopic (exact) mass is 460 g/mol. The lowest BCUT2D eigenvalue weighted by Crippen LogP contribution is -2.48. The van der Waals surface area contributed by atoms with Crippen molar-refractivity contribution >= 4 is 23.2 Å². The predicted octanol–water partition coefficient (Wildman–Crippen LogP) is 4.62. The largest absolute Gasteiger partial charge is 0.496 e. The molecule has 6 nitrogen and oxygen atoms in total. The van der Waals surface area contributed by atoms with E-state index in [4.69, 9.17) is 21.3 Å². The van der Waals surface area contributed by atoms with Gasteiger partial charge >= 0.3 is 0 Å². The van der Waals surface area contributed by atoms with Crippen LogP contribution in [0.5, 0.6) is 5.75 Å². The first-order chi connectivity index (χ1) is 16.1. The number of rotatable bonds is 5. The first-order valence-corrected chi connectivity index (χ1v) is 11.4. The third kappa shape index (κ3) is 4.32. The summed E-state index contributed by atoms with van der Waals surface area (Å²) in [6.07, 6.45) is 2.05. The van der Waals surface area contributed by atoms with Gasteiger partial charge in [-0.2, -0.15) is 0 Å². The smallest absolute Gasteiger partial charge is 0.257 e. The zero-order chi connectivity index (χ0) is 22.8. The average Bonchev–Trinajstić information content (AvgIpc) is 3.23. The fourth-order valence-electron chi connectivity index (χ4n) is 4.35. The van der Waals surface area contributed by atoms with E-state index in [2.05, 4.69) is 15.5 Å². The lowest BCUT2D eigenvalue weighted by molar-refractivity contribution is 0.0623. The Morgan fingerprint density at radius 1 is 0.970 bits per heavy atom. The third-order valence-electron chi connectivity index (χ3n) is 6.12. The van der Waals surface area contributed by atoms with Crippen molar-refractivity contribution in [3.8, 4) is 17.0 Å². The molecule has 0 atom stereocenters. The molecule has 0 radical (unpaired) electrons. The van der Waals surface area contributed by atoms with Crippen molar-refractivity contribution in [3.05, 3.63) is 89.2 Å². The van der Waals surface area contributed by atoms with Crippen molar-refractivity contribution < 1.29 is 9.53 Å². The quantitative estimate of drug-likeness (QED) is 0.436. The molecule has 0 N–H and O–H groups in total. The van der Waals surface area contributed by atoms with Crippen LogP contribution in [0.3, 0.4) is 0 Å². The van der Waals surface area contributed by atoms with Gasteiger partial charge in [0.05, 0.1) is 24.1 Å². The Labute approximate surface area is 198 Å². The molecule has 1 saturated heterocycles. The van der Waals surface area contributed by atoms with Crippen LogP contribution in [0.25, 0.3) is 16.9 Å². The van der Waals surface area contributed by atoms with Gasteiger partial charge < -0.3 is 14.0 Å². The Kier molecular flexibility index (Phi) is 6.03. The van der Waals surface area contributed by atoms with Gasteiger partial charge in [0.15, 0.2) is 0 Å². The molecule has 3 heterocycles. The SMILES string of the molecule is COc1ccccc1C(=O)N1CCN(Cc2c(-c3ccc(Cl)cc3)nc3ccccn23)CC1. The molecule has 1 fully saturated rings. The molecule has 2 aromatic carbocycles. The first kappa shape index (κ1) is 21.5. The van der Waals surface area contributed by atoms with E-state index in [1.165, 1.54) is 0 Å². The van der Waals surface area contributed by atoms with Gasteiger partial charge in [-0.25, -0.2) is 4.98 Å². The number of piperazine rings is 1. The molecule has 1 aliphatic rings. The summed E-state index contributed by atoms with van der Waals surface area (Å²) in [6, 6.07) is 21.3. The number of hydrogen-bond acceptors (Lipinski definition) is 4. The summed E-state index contributed by atoms with van der Waals surface area (Å²) in [5, 5.41) is 0.708. The van der Waals surface area contributed by atoms with Crippen LogP contribution in [0.2, 0.25) is 5.02 Å². The van der Waals surface area contributed by atoms with Crippen LogP contribution in [0.4, 0.5) is 0 Å². The molecule has 0 bridgehead atoms. The summed E-state index contributed by atoms with van der Waals surface area (Å²) in [7, 11) is 1.60. The van der Waals surface area contributed by atoms with E-state index in [1.807, 2.05) is 71.6 Å². The van der Waals surface area contributed by atoms with Crippen LogP contribution in [0, 0.1) is 0 Å². The van der Waals surface area contributed by atoms with Crippen molar-refractivity contribution in [2.75, 3.05) is 33.3 Å². The Morgan fingerprint density at radius 2 is 1.70 bits per heavy atom. The number of carbonyl (C=O) groups is 1. The van der Waals surface area contributed by atoms with Crippen molar-refractivity contribution in [1.29, 1.82) is 0 Å². The Bertz CT molecular complexity index is 1280. The topological polar surface area (TPSA) is 50.1 Å². The van der Waals surface area contributed by atoms with E-state index < -0.39 is 0 Å². The summed E-state index contributed by atoms with van der Waals surface area (Å²) < 4.78 is 7.53. The maximum atomic E-state index is 13.0. The van der Waals surface area contributed by atoms with Gasteiger partial charge in [-0.15, -0.1) is 0 Å². The molecule has 168 valence electrons. The lowest BCUT2D eigenvalue weighted by Gasteiger charge is -2.35. The van der Waals surface area contributed by atoms with Crippen LogP contribution < -0.4 is 4.74 Å². The van der Waals surface area contributed by atoms with Gasteiger partial charge in [0.1, 0.15) is 11.4 Å². The number of amides is 1. The Hall–Kier alpha value is -3.35. The first-order valence-electron chi connectivity index (χ1n) is 11.0. The minimum Gasteiger partial charge on any atom is -0.496 e. The second kappa shape index (κ2) is 9.25. The summed E-state index contributed by atoms with van der Waals surface area (Å²) >= 11 is 6.10. The number of hydrogen-bond donors (Lipinski definition) is 0. The van der Waals surface area contributed by atoms with Gasteiger partial charge in [-0.05, 0) is 36.4 Å². The molecule has 7 heteroatoms. The fraction of sp³-hybridized carbons (Fsp3) is 0.231. The van der Waals surface area contributed by atoms with Gasteiger partial charge in [-0.3, -0.25) is 9.69 Å². The second-order valence-corrected chi connectivity index (χ2v) is 8.55. The van der Waals surface area contributed by atoms with Crippen molar-refractivity contribution in [3.63, 3.8) is 0 Å². The number of benzene rings is 2. The lowest BCUT2D eigenvalue weighted by atomic mass is 10.1. The number of para-hydroxylation sites is 1.